The molecule has 1 spiro atoms. The Kier molecular flexibility index (Phi) is 4.04. The lowest BCUT2D eigenvalue weighted by Gasteiger charge is -2.32. The van der Waals surface area contributed by atoms with Crippen molar-refractivity contribution in [2.45, 2.75) is 18.6 Å². The van der Waals surface area contributed by atoms with E-state index >= 15 is 0 Å². The van der Waals surface area contributed by atoms with E-state index in [-0.39, 0.29) is 5.91 Å². The van der Waals surface area contributed by atoms with Crippen LogP contribution in [0.4, 0.5) is 5.69 Å². The fourth-order valence-electron chi connectivity index (χ4n) is 2.66. The molecule has 0 bridgehead atoms. The minimum absolute atomic E-state index is 0.143. The zero-order valence-corrected chi connectivity index (χ0v) is 13.2. The van der Waals surface area contributed by atoms with E-state index in [0.717, 1.165) is 29.4 Å². The number of halogens is 2. The number of benzene rings is 1. The number of fused-ring (bicyclic) bond motifs is 2. The van der Waals surface area contributed by atoms with Gasteiger partial charge in [-0.05, 0) is 31.0 Å². The van der Waals surface area contributed by atoms with E-state index in [1.807, 2.05) is 6.07 Å². The topological polar surface area (TPSA) is 38.8 Å². The number of ether oxygens (including phenoxy) is 2. The van der Waals surface area contributed by atoms with Gasteiger partial charge in [-0.15, -0.1) is 0 Å². The van der Waals surface area contributed by atoms with Crippen molar-refractivity contribution in [3.05, 3.63) is 28.8 Å². The highest BCUT2D eigenvalue weighted by Crippen LogP contribution is 2.46. The van der Waals surface area contributed by atoms with Gasteiger partial charge in [-0.3, -0.25) is 4.79 Å². The van der Waals surface area contributed by atoms with Gasteiger partial charge in [0.25, 0.3) is 11.7 Å². The van der Waals surface area contributed by atoms with E-state index in [0.29, 0.717) is 24.8 Å². The average Bonchev–Trinajstić information content (AvgIpc) is 2.68. The maximum atomic E-state index is 12.8. The van der Waals surface area contributed by atoms with Crippen LogP contribution in [0, 0.1) is 0 Å². The number of carbonyl (C=O) groups is 1. The molecule has 4 nitrogen and oxygen atoms in total. The van der Waals surface area contributed by atoms with Crippen LogP contribution in [0.2, 0.25) is 5.02 Å². The quantitative estimate of drug-likeness (QED) is 0.778. The van der Waals surface area contributed by atoms with Crippen LogP contribution in [0.5, 0.6) is 0 Å². The van der Waals surface area contributed by atoms with Crippen LogP contribution >= 0.6 is 27.5 Å². The van der Waals surface area contributed by atoms with Gasteiger partial charge in [-0.1, -0.05) is 27.5 Å². The van der Waals surface area contributed by atoms with Crippen molar-refractivity contribution < 1.29 is 14.3 Å². The second kappa shape index (κ2) is 5.64. The summed E-state index contributed by atoms with van der Waals surface area (Å²) in [6, 6.07) is 5.42. The minimum atomic E-state index is -1.29. The highest BCUT2D eigenvalue weighted by Gasteiger charge is 2.54. The van der Waals surface area contributed by atoms with Crippen molar-refractivity contribution in [3.8, 4) is 0 Å². The molecule has 0 atom stereocenters. The lowest BCUT2D eigenvalue weighted by Crippen LogP contribution is -2.47. The first-order valence-corrected chi connectivity index (χ1v) is 8.15. The number of carbonyl (C=O) groups excluding carboxylic acids is 1. The average molecular weight is 361 g/mol. The highest BCUT2D eigenvalue weighted by atomic mass is 79.9. The summed E-state index contributed by atoms with van der Waals surface area (Å²) in [4.78, 5) is 14.5. The zero-order chi connectivity index (χ0) is 14.2. The first kappa shape index (κ1) is 14.3. The molecule has 1 aromatic rings. The molecule has 1 saturated heterocycles. The van der Waals surface area contributed by atoms with Gasteiger partial charge in [-0.2, -0.15) is 0 Å². The fraction of sp³-hybridized carbons (Fsp3) is 0.500. The van der Waals surface area contributed by atoms with Gasteiger partial charge in [0, 0.05) is 22.5 Å². The number of amides is 1. The maximum absolute atomic E-state index is 12.8. The molecule has 6 heteroatoms. The van der Waals surface area contributed by atoms with Gasteiger partial charge in [0.05, 0.1) is 18.9 Å². The Hall–Kier alpha value is -0.620. The summed E-state index contributed by atoms with van der Waals surface area (Å²) in [7, 11) is 0. The molecule has 1 fully saturated rings. The monoisotopic (exact) mass is 359 g/mol. The molecule has 3 rings (SSSR count). The summed E-state index contributed by atoms with van der Waals surface area (Å²) >= 11 is 9.47. The first-order valence-electron chi connectivity index (χ1n) is 6.65. The van der Waals surface area contributed by atoms with E-state index in [9.17, 15) is 4.79 Å². The molecule has 1 amide bonds. The van der Waals surface area contributed by atoms with Crippen molar-refractivity contribution >= 4 is 39.1 Å². The van der Waals surface area contributed by atoms with E-state index < -0.39 is 5.79 Å². The lowest BCUT2D eigenvalue weighted by atomic mass is 10.1. The van der Waals surface area contributed by atoms with Crippen molar-refractivity contribution in [2.24, 2.45) is 0 Å². The van der Waals surface area contributed by atoms with Gasteiger partial charge in [-0.25, -0.2) is 0 Å². The normalized spacial score (nSPS) is 20.5. The second-order valence-corrected chi connectivity index (χ2v) is 6.06. The number of anilines is 1. The number of alkyl halides is 1. The predicted octanol–water partition coefficient (Wildman–Crippen LogP) is 3.06. The first-order chi connectivity index (χ1) is 9.69. The highest BCUT2D eigenvalue weighted by molar-refractivity contribution is 9.09. The molecule has 2 aliphatic heterocycles. The predicted molar refractivity (Wildman–Crippen MR) is 80.4 cm³/mol. The van der Waals surface area contributed by atoms with Gasteiger partial charge in [0.15, 0.2) is 0 Å². The Bertz CT molecular complexity index is 531. The molecule has 0 N–H and O–H groups in total. The summed E-state index contributed by atoms with van der Waals surface area (Å²) < 4.78 is 11.5. The zero-order valence-electron chi connectivity index (χ0n) is 10.9. The third-order valence-electron chi connectivity index (χ3n) is 3.55. The minimum Gasteiger partial charge on any atom is -0.338 e. The molecule has 2 heterocycles. The van der Waals surface area contributed by atoms with E-state index in [1.165, 1.54) is 0 Å². The largest absolute Gasteiger partial charge is 0.338 e. The van der Waals surface area contributed by atoms with Gasteiger partial charge in [0.2, 0.25) is 0 Å². The summed E-state index contributed by atoms with van der Waals surface area (Å²) in [6.07, 6.45) is 1.66. The molecule has 0 saturated carbocycles. The maximum Gasteiger partial charge on any atom is 0.292 e. The Morgan fingerprint density at radius 2 is 2.10 bits per heavy atom. The smallest absolute Gasteiger partial charge is 0.292 e. The number of hydrogen-bond acceptors (Lipinski definition) is 3. The van der Waals surface area contributed by atoms with Gasteiger partial charge >= 0.3 is 0 Å². The summed E-state index contributed by atoms with van der Waals surface area (Å²) in [5.74, 6) is -1.43. The van der Waals surface area contributed by atoms with Crippen molar-refractivity contribution in [2.75, 3.05) is 30.0 Å². The van der Waals surface area contributed by atoms with Crippen LogP contribution in [0.15, 0.2) is 18.2 Å². The number of nitrogens with zero attached hydrogens (tertiary/aromatic N) is 1. The molecule has 0 aromatic heterocycles. The number of hydrogen-bond donors (Lipinski definition) is 0. The van der Waals surface area contributed by atoms with Gasteiger partial charge < -0.3 is 14.4 Å². The van der Waals surface area contributed by atoms with Gasteiger partial charge in [0.1, 0.15) is 0 Å². The van der Waals surface area contributed by atoms with Crippen LogP contribution < -0.4 is 4.90 Å². The van der Waals surface area contributed by atoms with E-state index in [4.69, 9.17) is 21.1 Å². The molecule has 2 aliphatic rings. The Morgan fingerprint density at radius 3 is 2.80 bits per heavy atom. The van der Waals surface area contributed by atoms with Crippen molar-refractivity contribution in [1.82, 2.24) is 0 Å². The van der Waals surface area contributed by atoms with Crippen LogP contribution in [0.1, 0.15) is 18.4 Å². The van der Waals surface area contributed by atoms with E-state index in [2.05, 4.69) is 15.9 Å². The van der Waals surface area contributed by atoms with Crippen LogP contribution in [0.25, 0.3) is 0 Å². The summed E-state index contributed by atoms with van der Waals surface area (Å²) in [5, 5.41) is 1.42. The van der Waals surface area contributed by atoms with E-state index in [1.54, 1.807) is 17.0 Å². The third kappa shape index (κ3) is 2.17. The molecular weight excluding hydrogens is 346 g/mol. The summed E-state index contributed by atoms with van der Waals surface area (Å²) in [5.41, 5.74) is 1.56. The standard InChI is InChI=1S/C14H15BrClNO3/c15-5-1-6-17-12-4-3-10(16)9-11(12)14(13(17)18)19-7-2-8-20-14/h3-4,9H,1-2,5-8H2. The summed E-state index contributed by atoms with van der Waals surface area (Å²) in [6.45, 7) is 1.67. The third-order valence-corrected chi connectivity index (χ3v) is 4.34. The number of rotatable bonds is 3. The molecule has 108 valence electrons. The molecule has 0 unspecified atom stereocenters. The molecule has 0 radical (unpaired) electrons. The fourth-order valence-corrected chi connectivity index (χ4v) is 3.08. The molecule has 0 aliphatic carbocycles. The lowest BCUT2D eigenvalue weighted by molar-refractivity contribution is -0.256. The van der Waals surface area contributed by atoms with Crippen molar-refractivity contribution in [1.29, 1.82) is 0 Å². The Labute approximate surface area is 131 Å². The van der Waals surface area contributed by atoms with Crippen LogP contribution in [0.3, 0.4) is 0 Å². The van der Waals surface area contributed by atoms with Crippen LogP contribution in [-0.4, -0.2) is 31.0 Å². The SMILES string of the molecule is O=C1N(CCCBr)c2ccc(Cl)cc2C12OCCCO2. The Morgan fingerprint density at radius 1 is 1.35 bits per heavy atom. The Balaban J connectivity index is 2.05. The van der Waals surface area contributed by atoms with Crippen molar-refractivity contribution in [3.63, 3.8) is 0 Å². The van der Waals surface area contributed by atoms with Crippen LogP contribution in [-0.2, 0) is 20.1 Å². The second-order valence-electron chi connectivity index (χ2n) is 4.83. The molecule has 20 heavy (non-hydrogen) atoms. The molecular formula is C14H15BrClNO3. The molecule has 1 aromatic carbocycles.